The molecule has 1 aromatic rings. The standard InChI is InChI=1S/C15H23N3O2/c1-12(20-11-13-5-6-13)15(19)18-9-2-4-14(18)10-17-8-3-7-16-17/h3,7-8,12-14H,2,4-6,9-11H2,1H3. The van der Waals surface area contributed by atoms with Gasteiger partial charge in [0.25, 0.3) is 5.91 Å². The van der Waals surface area contributed by atoms with Crippen LogP contribution in [0, 0.1) is 5.92 Å². The average molecular weight is 277 g/mol. The van der Waals surface area contributed by atoms with Gasteiger partial charge in [0.05, 0.1) is 19.2 Å². The van der Waals surface area contributed by atoms with E-state index in [4.69, 9.17) is 4.74 Å². The topological polar surface area (TPSA) is 47.4 Å². The first-order valence-electron chi connectivity index (χ1n) is 7.63. The fourth-order valence-corrected chi connectivity index (χ4v) is 2.81. The van der Waals surface area contributed by atoms with Crippen molar-refractivity contribution in [2.24, 2.45) is 5.92 Å². The molecule has 0 radical (unpaired) electrons. The molecule has 1 amide bonds. The minimum Gasteiger partial charge on any atom is -0.368 e. The van der Waals surface area contributed by atoms with Crippen LogP contribution in [0.1, 0.15) is 32.6 Å². The Labute approximate surface area is 119 Å². The lowest BCUT2D eigenvalue weighted by Gasteiger charge is -2.27. The monoisotopic (exact) mass is 277 g/mol. The van der Waals surface area contributed by atoms with Crippen molar-refractivity contribution in [2.75, 3.05) is 13.2 Å². The molecule has 5 heteroatoms. The van der Waals surface area contributed by atoms with Crippen LogP contribution >= 0.6 is 0 Å². The van der Waals surface area contributed by atoms with Crippen molar-refractivity contribution in [1.29, 1.82) is 0 Å². The summed E-state index contributed by atoms with van der Waals surface area (Å²) >= 11 is 0. The van der Waals surface area contributed by atoms with Crippen LogP contribution in [-0.2, 0) is 16.1 Å². The van der Waals surface area contributed by atoms with Gasteiger partial charge in [0.1, 0.15) is 6.10 Å². The molecule has 110 valence electrons. The maximum atomic E-state index is 12.5. The van der Waals surface area contributed by atoms with Gasteiger partial charge < -0.3 is 9.64 Å². The van der Waals surface area contributed by atoms with E-state index >= 15 is 0 Å². The van der Waals surface area contributed by atoms with E-state index in [1.165, 1.54) is 12.8 Å². The largest absolute Gasteiger partial charge is 0.368 e. The molecule has 0 N–H and O–H groups in total. The van der Waals surface area contributed by atoms with Gasteiger partial charge >= 0.3 is 0 Å². The number of hydrogen-bond acceptors (Lipinski definition) is 3. The number of hydrogen-bond donors (Lipinski definition) is 0. The van der Waals surface area contributed by atoms with E-state index in [9.17, 15) is 4.79 Å². The summed E-state index contributed by atoms with van der Waals surface area (Å²) in [6.07, 6.45) is 8.07. The van der Waals surface area contributed by atoms with Crippen LogP contribution in [0.15, 0.2) is 18.5 Å². The molecule has 1 saturated carbocycles. The van der Waals surface area contributed by atoms with Crippen molar-refractivity contribution in [3.05, 3.63) is 18.5 Å². The summed E-state index contributed by atoms with van der Waals surface area (Å²) in [5, 5.41) is 4.23. The first-order chi connectivity index (χ1) is 9.74. The Morgan fingerprint density at radius 2 is 2.30 bits per heavy atom. The first kappa shape index (κ1) is 13.6. The zero-order valence-corrected chi connectivity index (χ0v) is 12.1. The van der Waals surface area contributed by atoms with Crippen LogP contribution in [0.5, 0.6) is 0 Å². The maximum absolute atomic E-state index is 12.5. The summed E-state index contributed by atoms with van der Waals surface area (Å²) in [6.45, 7) is 4.26. The molecular weight excluding hydrogens is 254 g/mol. The minimum atomic E-state index is -0.311. The highest BCUT2D eigenvalue weighted by molar-refractivity contribution is 5.81. The molecule has 0 aromatic carbocycles. The molecule has 0 spiro atoms. The van der Waals surface area contributed by atoms with E-state index in [2.05, 4.69) is 5.10 Å². The lowest BCUT2D eigenvalue weighted by atomic mass is 10.2. The lowest BCUT2D eigenvalue weighted by molar-refractivity contribution is -0.144. The summed E-state index contributed by atoms with van der Waals surface area (Å²) < 4.78 is 7.62. The van der Waals surface area contributed by atoms with Crippen molar-refractivity contribution < 1.29 is 9.53 Å². The molecule has 5 nitrogen and oxygen atoms in total. The zero-order valence-electron chi connectivity index (χ0n) is 12.1. The van der Waals surface area contributed by atoms with Gasteiger partial charge in [0, 0.05) is 18.9 Å². The molecule has 20 heavy (non-hydrogen) atoms. The second kappa shape index (κ2) is 5.95. The van der Waals surface area contributed by atoms with Crippen molar-refractivity contribution in [3.63, 3.8) is 0 Å². The predicted molar refractivity (Wildman–Crippen MR) is 75.1 cm³/mol. The quantitative estimate of drug-likeness (QED) is 0.795. The normalized spacial score (nSPS) is 24.1. The minimum absolute atomic E-state index is 0.139. The van der Waals surface area contributed by atoms with Crippen LogP contribution in [0.4, 0.5) is 0 Å². The van der Waals surface area contributed by atoms with Gasteiger partial charge in [0.15, 0.2) is 0 Å². The van der Waals surface area contributed by atoms with E-state index in [0.717, 1.165) is 32.5 Å². The third-order valence-electron chi connectivity index (χ3n) is 4.24. The molecule has 2 fully saturated rings. The van der Waals surface area contributed by atoms with Crippen LogP contribution in [0.3, 0.4) is 0 Å². The van der Waals surface area contributed by atoms with Gasteiger partial charge in [-0.2, -0.15) is 5.10 Å². The zero-order chi connectivity index (χ0) is 13.9. The van der Waals surface area contributed by atoms with Crippen LogP contribution in [-0.4, -0.2) is 45.9 Å². The number of likely N-dealkylation sites (tertiary alicyclic amines) is 1. The number of nitrogens with zero attached hydrogens (tertiary/aromatic N) is 3. The first-order valence-corrected chi connectivity index (χ1v) is 7.63. The molecule has 2 heterocycles. The van der Waals surface area contributed by atoms with Gasteiger partial charge in [-0.15, -0.1) is 0 Å². The summed E-state index contributed by atoms with van der Waals surface area (Å²) in [5.74, 6) is 0.837. The molecule has 2 aliphatic rings. The molecule has 1 saturated heterocycles. The Bertz CT molecular complexity index is 442. The van der Waals surface area contributed by atoms with Crippen LogP contribution in [0.25, 0.3) is 0 Å². The van der Waals surface area contributed by atoms with E-state index < -0.39 is 0 Å². The lowest BCUT2D eigenvalue weighted by Crippen LogP contribution is -2.43. The summed E-state index contributed by atoms with van der Waals surface area (Å²) in [4.78, 5) is 14.5. The Balaban J connectivity index is 1.54. The fraction of sp³-hybridized carbons (Fsp3) is 0.733. The average Bonchev–Trinajstić information content (AvgIpc) is 2.94. The van der Waals surface area contributed by atoms with E-state index in [0.29, 0.717) is 5.92 Å². The highest BCUT2D eigenvalue weighted by Crippen LogP contribution is 2.29. The second-order valence-electron chi connectivity index (χ2n) is 5.97. The van der Waals surface area contributed by atoms with Gasteiger partial charge in [-0.25, -0.2) is 0 Å². The van der Waals surface area contributed by atoms with Crippen molar-refractivity contribution in [3.8, 4) is 0 Å². The highest BCUT2D eigenvalue weighted by atomic mass is 16.5. The molecule has 1 aliphatic carbocycles. The smallest absolute Gasteiger partial charge is 0.251 e. The number of carbonyl (C=O) groups excluding carboxylic acids is 1. The molecule has 0 bridgehead atoms. The van der Waals surface area contributed by atoms with Gasteiger partial charge in [0.2, 0.25) is 0 Å². The fourth-order valence-electron chi connectivity index (χ4n) is 2.81. The van der Waals surface area contributed by atoms with Crippen LogP contribution < -0.4 is 0 Å². The van der Waals surface area contributed by atoms with Crippen LogP contribution in [0.2, 0.25) is 0 Å². The molecule has 2 unspecified atom stereocenters. The highest BCUT2D eigenvalue weighted by Gasteiger charge is 2.33. The van der Waals surface area contributed by atoms with Gasteiger partial charge in [-0.05, 0) is 44.6 Å². The van der Waals surface area contributed by atoms with Crippen molar-refractivity contribution in [1.82, 2.24) is 14.7 Å². The SMILES string of the molecule is CC(OCC1CC1)C(=O)N1CCCC1Cn1cccn1. The van der Waals surface area contributed by atoms with Gasteiger partial charge in [-0.1, -0.05) is 0 Å². The number of carbonyl (C=O) groups is 1. The second-order valence-corrected chi connectivity index (χ2v) is 5.97. The number of rotatable bonds is 6. The predicted octanol–water partition coefficient (Wildman–Crippen LogP) is 1.69. The van der Waals surface area contributed by atoms with E-state index in [1.54, 1.807) is 6.20 Å². The van der Waals surface area contributed by atoms with E-state index in [-0.39, 0.29) is 18.1 Å². The summed E-state index contributed by atoms with van der Waals surface area (Å²) in [6, 6.07) is 2.18. The Kier molecular flexibility index (Phi) is 4.05. The Hall–Kier alpha value is -1.36. The van der Waals surface area contributed by atoms with Crippen molar-refractivity contribution in [2.45, 2.75) is 51.3 Å². The molecule has 1 aliphatic heterocycles. The van der Waals surface area contributed by atoms with E-state index in [1.807, 2.05) is 28.8 Å². The molecular formula is C15H23N3O2. The summed E-state index contributed by atoms with van der Waals surface area (Å²) in [7, 11) is 0. The Morgan fingerprint density at radius 3 is 3.00 bits per heavy atom. The number of ether oxygens (including phenoxy) is 1. The third-order valence-corrected chi connectivity index (χ3v) is 4.24. The van der Waals surface area contributed by atoms with Gasteiger partial charge in [-0.3, -0.25) is 9.48 Å². The maximum Gasteiger partial charge on any atom is 0.251 e. The van der Waals surface area contributed by atoms with Crippen molar-refractivity contribution >= 4 is 5.91 Å². The number of aromatic nitrogens is 2. The molecule has 1 aromatic heterocycles. The summed E-state index contributed by atoms with van der Waals surface area (Å²) in [5.41, 5.74) is 0. The Morgan fingerprint density at radius 1 is 1.45 bits per heavy atom. The third kappa shape index (κ3) is 3.20. The molecule has 3 rings (SSSR count). The molecule has 2 atom stereocenters. The number of amides is 1.